The summed E-state index contributed by atoms with van der Waals surface area (Å²) < 4.78 is 0. The van der Waals surface area contributed by atoms with Crippen molar-refractivity contribution in [2.45, 2.75) is 53.2 Å². The van der Waals surface area contributed by atoms with E-state index >= 15 is 0 Å². The van der Waals surface area contributed by atoms with Gasteiger partial charge in [0.2, 0.25) is 0 Å². The number of urea groups is 1. The molecule has 0 saturated heterocycles. The van der Waals surface area contributed by atoms with Gasteiger partial charge in [-0.25, -0.2) is 4.79 Å². The molecule has 4 nitrogen and oxygen atoms in total. The van der Waals surface area contributed by atoms with Crippen LogP contribution in [-0.2, 0) is 0 Å². The second-order valence-corrected chi connectivity index (χ2v) is 6.06. The van der Waals surface area contributed by atoms with Gasteiger partial charge in [-0.1, -0.05) is 25.1 Å². The van der Waals surface area contributed by atoms with Crippen LogP contribution in [0.5, 0.6) is 0 Å². The van der Waals surface area contributed by atoms with Gasteiger partial charge in [-0.05, 0) is 56.7 Å². The lowest BCUT2D eigenvalue weighted by atomic mass is 9.98. The van der Waals surface area contributed by atoms with Crippen molar-refractivity contribution in [2.75, 3.05) is 6.54 Å². The second-order valence-electron chi connectivity index (χ2n) is 6.06. The van der Waals surface area contributed by atoms with Gasteiger partial charge in [0, 0.05) is 6.54 Å². The first kappa shape index (κ1) is 17.5. The molecule has 118 valence electrons. The fraction of sp³-hybridized carbons (Fsp3) is 0.588. The third kappa shape index (κ3) is 5.76. The lowest BCUT2D eigenvalue weighted by Crippen LogP contribution is -2.39. The van der Waals surface area contributed by atoms with E-state index in [2.05, 4.69) is 30.5 Å². The van der Waals surface area contributed by atoms with Gasteiger partial charge in [0.05, 0.1) is 12.1 Å². The molecule has 0 fully saturated rings. The molecule has 1 aromatic rings. The molecule has 2 amide bonds. The Balaban J connectivity index is 2.49. The zero-order valence-electron chi connectivity index (χ0n) is 13.7. The zero-order valence-corrected chi connectivity index (χ0v) is 13.7. The average Bonchev–Trinajstić information content (AvgIpc) is 2.38. The van der Waals surface area contributed by atoms with E-state index in [1.165, 1.54) is 11.1 Å². The molecular weight excluding hydrogens is 264 g/mol. The van der Waals surface area contributed by atoms with Gasteiger partial charge >= 0.3 is 6.03 Å². The first-order valence-corrected chi connectivity index (χ1v) is 7.59. The Labute approximate surface area is 128 Å². The molecule has 0 heterocycles. The highest BCUT2D eigenvalue weighted by molar-refractivity contribution is 5.74. The van der Waals surface area contributed by atoms with Gasteiger partial charge in [-0.2, -0.15) is 0 Å². The van der Waals surface area contributed by atoms with Gasteiger partial charge in [0.1, 0.15) is 0 Å². The molecule has 0 aliphatic carbocycles. The number of rotatable bonds is 6. The summed E-state index contributed by atoms with van der Waals surface area (Å²) in [5, 5.41) is 15.1. The van der Waals surface area contributed by atoms with Crippen molar-refractivity contribution in [3.63, 3.8) is 0 Å². The van der Waals surface area contributed by atoms with E-state index < -0.39 is 0 Å². The quantitative estimate of drug-likeness (QED) is 0.754. The van der Waals surface area contributed by atoms with Crippen LogP contribution in [0.3, 0.4) is 0 Å². The topological polar surface area (TPSA) is 61.4 Å². The summed E-state index contributed by atoms with van der Waals surface area (Å²) in [6.45, 7) is 10.5. The Kier molecular flexibility index (Phi) is 6.69. The maximum absolute atomic E-state index is 11.9. The second kappa shape index (κ2) is 8.03. The lowest BCUT2D eigenvalue weighted by Gasteiger charge is -2.19. The fourth-order valence-corrected chi connectivity index (χ4v) is 2.50. The highest BCUT2D eigenvalue weighted by Gasteiger charge is 2.13. The molecule has 3 atom stereocenters. The average molecular weight is 292 g/mol. The standard InChI is InChI=1S/C17H28N2O2/c1-11(9-13(3)20)10-18-17(21)19-15(5)16-8-6-7-12(2)14(16)4/h6-8,11,13,15,20H,9-10H2,1-5H3,(H2,18,19,21). The molecule has 1 aromatic carbocycles. The van der Waals surface area contributed by atoms with E-state index in [0.29, 0.717) is 13.0 Å². The first-order chi connectivity index (χ1) is 9.81. The number of aliphatic hydroxyl groups is 1. The molecule has 0 bridgehead atoms. The Bertz CT molecular complexity index is 472. The molecule has 1 rings (SSSR count). The van der Waals surface area contributed by atoms with Crippen LogP contribution in [0.1, 0.15) is 49.9 Å². The van der Waals surface area contributed by atoms with E-state index in [1.54, 1.807) is 6.92 Å². The molecule has 3 unspecified atom stereocenters. The summed E-state index contributed by atoms with van der Waals surface area (Å²) in [6, 6.07) is 5.93. The Morgan fingerprint density at radius 1 is 1.24 bits per heavy atom. The molecule has 0 saturated carbocycles. The van der Waals surface area contributed by atoms with Gasteiger partial charge in [0.15, 0.2) is 0 Å². The molecule has 0 aromatic heterocycles. The van der Waals surface area contributed by atoms with Crippen LogP contribution in [0.2, 0.25) is 0 Å². The molecule has 0 aliphatic rings. The lowest BCUT2D eigenvalue weighted by molar-refractivity contribution is 0.163. The normalized spacial score (nSPS) is 15.1. The molecule has 0 radical (unpaired) electrons. The Morgan fingerprint density at radius 3 is 2.52 bits per heavy atom. The number of nitrogens with one attached hydrogen (secondary N) is 2. The third-order valence-corrected chi connectivity index (χ3v) is 3.82. The van der Waals surface area contributed by atoms with Crippen molar-refractivity contribution in [3.05, 3.63) is 34.9 Å². The van der Waals surface area contributed by atoms with E-state index in [1.807, 2.05) is 26.0 Å². The SMILES string of the molecule is Cc1cccc(C(C)NC(=O)NCC(C)CC(C)O)c1C. The van der Waals surface area contributed by atoms with Crippen LogP contribution in [0.4, 0.5) is 4.79 Å². The number of amides is 2. The predicted molar refractivity (Wildman–Crippen MR) is 86.3 cm³/mol. The van der Waals surface area contributed by atoms with Crippen molar-refractivity contribution in [1.82, 2.24) is 10.6 Å². The van der Waals surface area contributed by atoms with Gasteiger partial charge < -0.3 is 15.7 Å². The Hall–Kier alpha value is -1.55. The van der Waals surface area contributed by atoms with Crippen molar-refractivity contribution >= 4 is 6.03 Å². The number of hydrogen-bond donors (Lipinski definition) is 3. The van der Waals surface area contributed by atoms with Gasteiger partial charge in [-0.15, -0.1) is 0 Å². The summed E-state index contributed by atoms with van der Waals surface area (Å²) in [5.41, 5.74) is 3.59. The molecule has 0 aliphatic heterocycles. The van der Waals surface area contributed by atoms with Crippen molar-refractivity contribution in [3.8, 4) is 0 Å². The largest absolute Gasteiger partial charge is 0.393 e. The fourth-order valence-electron chi connectivity index (χ4n) is 2.50. The third-order valence-electron chi connectivity index (χ3n) is 3.82. The summed E-state index contributed by atoms with van der Waals surface area (Å²) in [7, 11) is 0. The first-order valence-electron chi connectivity index (χ1n) is 7.59. The van der Waals surface area contributed by atoms with Gasteiger partial charge in [0.25, 0.3) is 0 Å². The minimum absolute atomic E-state index is 0.0306. The Morgan fingerprint density at radius 2 is 1.90 bits per heavy atom. The minimum Gasteiger partial charge on any atom is -0.393 e. The van der Waals surface area contributed by atoms with E-state index in [4.69, 9.17) is 0 Å². The van der Waals surface area contributed by atoms with E-state index in [-0.39, 0.29) is 24.1 Å². The van der Waals surface area contributed by atoms with Crippen molar-refractivity contribution in [1.29, 1.82) is 0 Å². The van der Waals surface area contributed by atoms with Crippen LogP contribution >= 0.6 is 0 Å². The number of benzene rings is 1. The molecular formula is C17H28N2O2. The summed E-state index contributed by atoms with van der Waals surface area (Å²) in [5.74, 6) is 0.256. The van der Waals surface area contributed by atoms with Gasteiger partial charge in [-0.3, -0.25) is 0 Å². The van der Waals surface area contributed by atoms with Crippen LogP contribution in [0.15, 0.2) is 18.2 Å². The monoisotopic (exact) mass is 292 g/mol. The van der Waals surface area contributed by atoms with Crippen molar-refractivity contribution in [2.24, 2.45) is 5.92 Å². The number of carbonyl (C=O) groups is 1. The highest BCUT2D eigenvalue weighted by atomic mass is 16.3. The molecule has 21 heavy (non-hydrogen) atoms. The molecule has 4 heteroatoms. The van der Waals surface area contributed by atoms with E-state index in [0.717, 1.165) is 5.56 Å². The number of carbonyl (C=O) groups excluding carboxylic acids is 1. The summed E-state index contributed by atoms with van der Waals surface area (Å²) in [4.78, 5) is 11.9. The van der Waals surface area contributed by atoms with E-state index in [9.17, 15) is 9.90 Å². The van der Waals surface area contributed by atoms with Crippen LogP contribution in [0.25, 0.3) is 0 Å². The molecule has 3 N–H and O–H groups in total. The minimum atomic E-state index is -0.335. The number of aliphatic hydroxyl groups excluding tert-OH is 1. The smallest absolute Gasteiger partial charge is 0.315 e. The summed E-state index contributed by atoms with van der Waals surface area (Å²) >= 11 is 0. The van der Waals surface area contributed by atoms with Crippen LogP contribution in [-0.4, -0.2) is 23.8 Å². The maximum Gasteiger partial charge on any atom is 0.315 e. The summed E-state index contributed by atoms with van der Waals surface area (Å²) in [6.07, 6.45) is 0.353. The highest BCUT2D eigenvalue weighted by Crippen LogP contribution is 2.19. The zero-order chi connectivity index (χ0) is 16.0. The van der Waals surface area contributed by atoms with Crippen LogP contribution < -0.4 is 10.6 Å². The van der Waals surface area contributed by atoms with Crippen LogP contribution in [0, 0.1) is 19.8 Å². The predicted octanol–water partition coefficient (Wildman–Crippen LogP) is 3.07. The molecule has 0 spiro atoms. The number of aryl methyl sites for hydroxylation is 1. The number of hydrogen-bond acceptors (Lipinski definition) is 2. The van der Waals surface area contributed by atoms with Crippen molar-refractivity contribution < 1.29 is 9.90 Å². The maximum atomic E-state index is 11.9.